The van der Waals surface area contributed by atoms with Gasteiger partial charge < -0.3 is 10.1 Å². The van der Waals surface area contributed by atoms with E-state index in [1.165, 1.54) is 0 Å². The summed E-state index contributed by atoms with van der Waals surface area (Å²) in [7, 11) is 1.58. The van der Waals surface area contributed by atoms with Gasteiger partial charge in [0, 0.05) is 10.6 Å². The molecule has 2 aromatic carbocycles. The van der Waals surface area contributed by atoms with Crippen molar-refractivity contribution in [2.75, 3.05) is 12.4 Å². The van der Waals surface area contributed by atoms with Crippen molar-refractivity contribution in [3.63, 3.8) is 0 Å². The van der Waals surface area contributed by atoms with Crippen molar-refractivity contribution in [1.29, 1.82) is 0 Å². The van der Waals surface area contributed by atoms with E-state index in [1.54, 1.807) is 25.3 Å². The summed E-state index contributed by atoms with van der Waals surface area (Å²) in [5, 5.41) is 3.78. The average Bonchev–Trinajstić information content (AvgIpc) is 2.50. The Morgan fingerprint density at radius 2 is 1.82 bits per heavy atom. The van der Waals surface area contributed by atoms with Crippen molar-refractivity contribution in [2.45, 2.75) is 19.3 Å². The third kappa shape index (κ3) is 3.37. The van der Waals surface area contributed by atoms with Crippen LogP contribution in [0.2, 0.25) is 10.0 Å². The molecule has 22 heavy (non-hydrogen) atoms. The summed E-state index contributed by atoms with van der Waals surface area (Å²) in [5.74, 6) is 0.473. The fourth-order valence-electron chi connectivity index (χ4n) is 2.16. The maximum Gasteiger partial charge on any atom is 0.234 e. The van der Waals surface area contributed by atoms with E-state index in [2.05, 4.69) is 5.32 Å². The van der Waals surface area contributed by atoms with Crippen LogP contribution in [-0.4, -0.2) is 13.0 Å². The number of amides is 1. The molecule has 1 amide bonds. The number of methoxy groups -OCH3 is 1. The summed E-state index contributed by atoms with van der Waals surface area (Å²) in [6.07, 6.45) is 0. The molecule has 2 rings (SSSR count). The monoisotopic (exact) mass is 337 g/mol. The van der Waals surface area contributed by atoms with Crippen LogP contribution in [0.1, 0.15) is 19.4 Å². The second kappa shape index (κ2) is 6.59. The number of anilines is 1. The Hall–Kier alpha value is -1.71. The molecule has 0 atom stereocenters. The van der Waals surface area contributed by atoms with Gasteiger partial charge in [0.25, 0.3) is 0 Å². The van der Waals surface area contributed by atoms with Crippen LogP contribution in [0, 0.1) is 0 Å². The first kappa shape index (κ1) is 16.7. The van der Waals surface area contributed by atoms with Crippen LogP contribution < -0.4 is 10.1 Å². The minimum atomic E-state index is -0.793. The third-order valence-corrected chi connectivity index (χ3v) is 4.09. The lowest BCUT2D eigenvalue weighted by Gasteiger charge is -2.26. The van der Waals surface area contributed by atoms with Gasteiger partial charge in [-0.25, -0.2) is 0 Å². The molecule has 0 aromatic heterocycles. The molecule has 0 saturated carbocycles. The highest BCUT2D eigenvalue weighted by Gasteiger charge is 2.32. The van der Waals surface area contributed by atoms with E-state index in [-0.39, 0.29) is 5.91 Å². The van der Waals surface area contributed by atoms with Crippen LogP contribution in [0.15, 0.2) is 42.5 Å². The minimum Gasteiger partial charge on any atom is -0.496 e. The first-order valence-corrected chi connectivity index (χ1v) is 7.52. The molecule has 0 saturated heterocycles. The lowest BCUT2D eigenvalue weighted by Crippen LogP contribution is -2.35. The zero-order valence-corrected chi connectivity index (χ0v) is 14.1. The SMILES string of the molecule is COc1ccccc1C(C)(C)C(=O)Nc1cc(Cl)ccc1Cl. The number of para-hydroxylation sites is 1. The van der Waals surface area contributed by atoms with Gasteiger partial charge in [0.05, 0.1) is 23.2 Å². The summed E-state index contributed by atoms with van der Waals surface area (Å²) >= 11 is 12.0. The summed E-state index contributed by atoms with van der Waals surface area (Å²) in [4.78, 5) is 12.7. The van der Waals surface area contributed by atoms with Crippen LogP contribution in [0.4, 0.5) is 5.69 Å². The van der Waals surface area contributed by atoms with Gasteiger partial charge in [-0.2, -0.15) is 0 Å². The normalized spacial score (nSPS) is 11.1. The highest BCUT2D eigenvalue weighted by Crippen LogP contribution is 2.34. The van der Waals surface area contributed by atoms with Crippen molar-refractivity contribution in [3.8, 4) is 5.75 Å². The van der Waals surface area contributed by atoms with Crippen molar-refractivity contribution in [3.05, 3.63) is 58.1 Å². The minimum absolute atomic E-state index is 0.193. The topological polar surface area (TPSA) is 38.3 Å². The molecular formula is C17H17Cl2NO2. The van der Waals surface area contributed by atoms with Crippen LogP contribution in [0.25, 0.3) is 0 Å². The molecule has 5 heteroatoms. The van der Waals surface area contributed by atoms with Gasteiger partial charge in [0.2, 0.25) is 5.91 Å². The van der Waals surface area contributed by atoms with E-state index in [0.717, 1.165) is 5.56 Å². The van der Waals surface area contributed by atoms with E-state index in [9.17, 15) is 4.79 Å². The number of nitrogens with one attached hydrogen (secondary N) is 1. The summed E-state index contributed by atoms with van der Waals surface area (Å²) in [6, 6.07) is 12.4. The van der Waals surface area contributed by atoms with Crippen LogP contribution in [0.5, 0.6) is 5.75 Å². The molecule has 0 radical (unpaired) electrons. The average molecular weight is 338 g/mol. The predicted octanol–water partition coefficient (Wildman–Crippen LogP) is 4.92. The molecule has 0 aliphatic heterocycles. The summed E-state index contributed by atoms with van der Waals surface area (Å²) < 4.78 is 5.35. The van der Waals surface area contributed by atoms with E-state index in [4.69, 9.17) is 27.9 Å². The van der Waals surface area contributed by atoms with E-state index >= 15 is 0 Å². The zero-order chi connectivity index (χ0) is 16.3. The Balaban J connectivity index is 2.33. The predicted molar refractivity (Wildman–Crippen MR) is 91.1 cm³/mol. The van der Waals surface area contributed by atoms with Gasteiger partial charge in [0.15, 0.2) is 0 Å². The first-order chi connectivity index (χ1) is 10.4. The molecule has 0 aliphatic rings. The smallest absolute Gasteiger partial charge is 0.234 e. The Labute approximate surface area is 140 Å². The summed E-state index contributed by atoms with van der Waals surface area (Å²) in [6.45, 7) is 3.66. The molecule has 0 spiro atoms. The maximum atomic E-state index is 12.7. The molecule has 0 heterocycles. The number of carbonyl (C=O) groups excluding carboxylic acids is 1. The molecule has 0 aliphatic carbocycles. The molecule has 1 N–H and O–H groups in total. The number of rotatable bonds is 4. The quantitative estimate of drug-likeness (QED) is 0.859. The van der Waals surface area contributed by atoms with Gasteiger partial charge in [-0.05, 0) is 38.1 Å². The second-order valence-electron chi connectivity index (χ2n) is 5.40. The number of hydrogen-bond acceptors (Lipinski definition) is 2. The van der Waals surface area contributed by atoms with Gasteiger partial charge in [-0.15, -0.1) is 0 Å². The molecular weight excluding hydrogens is 321 g/mol. The van der Waals surface area contributed by atoms with Crippen LogP contribution in [-0.2, 0) is 10.2 Å². The number of hydrogen-bond donors (Lipinski definition) is 1. The number of carbonyl (C=O) groups is 1. The van der Waals surface area contributed by atoms with E-state index < -0.39 is 5.41 Å². The summed E-state index contributed by atoms with van der Waals surface area (Å²) in [5.41, 5.74) is 0.494. The Morgan fingerprint density at radius 3 is 2.50 bits per heavy atom. The van der Waals surface area contributed by atoms with Crippen molar-refractivity contribution < 1.29 is 9.53 Å². The lowest BCUT2D eigenvalue weighted by molar-refractivity contribution is -0.120. The highest BCUT2D eigenvalue weighted by atomic mass is 35.5. The maximum absolute atomic E-state index is 12.7. The van der Waals surface area contributed by atoms with Gasteiger partial charge in [-0.1, -0.05) is 41.4 Å². The Kier molecular flexibility index (Phi) is 4.99. The number of ether oxygens (including phenoxy) is 1. The van der Waals surface area contributed by atoms with Gasteiger partial charge >= 0.3 is 0 Å². The van der Waals surface area contributed by atoms with Crippen LogP contribution >= 0.6 is 23.2 Å². The van der Waals surface area contributed by atoms with Gasteiger partial charge in [0.1, 0.15) is 5.75 Å². The lowest BCUT2D eigenvalue weighted by atomic mass is 9.83. The zero-order valence-electron chi connectivity index (χ0n) is 12.6. The van der Waals surface area contributed by atoms with Crippen molar-refractivity contribution in [2.24, 2.45) is 0 Å². The molecule has 0 fully saturated rings. The largest absolute Gasteiger partial charge is 0.496 e. The standard InChI is InChI=1S/C17H17Cl2NO2/c1-17(2,12-6-4-5-7-15(12)22-3)16(21)20-14-10-11(18)8-9-13(14)19/h4-10H,1-3H3,(H,20,21). The van der Waals surface area contributed by atoms with Crippen molar-refractivity contribution in [1.82, 2.24) is 0 Å². The molecule has 116 valence electrons. The molecule has 0 unspecified atom stereocenters. The Bertz CT molecular complexity index is 699. The first-order valence-electron chi connectivity index (χ1n) is 6.76. The van der Waals surface area contributed by atoms with Gasteiger partial charge in [-0.3, -0.25) is 4.79 Å². The second-order valence-corrected chi connectivity index (χ2v) is 6.25. The highest BCUT2D eigenvalue weighted by molar-refractivity contribution is 6.35. The molecule has 2 aromatic rings. The third-order valence-electron chi connectivity index (χ3n) is 3.52. The number of halogens is 2. The Morgan fingerprint density at radius 1 is 1.14 bits per heavy atom. The fourth-order valence-corrected chi connectivity index (χ4v) is 2.49. The van der Waals surface area contributed by atoms with Crippen LogP contribution in [0.3, 0.4) is 0 Å². The fraction of sp³-hybridized carbons (Fsp3) is 0.235. The van der Waals surface area contributed by atoms with E-state index in [1.807, 2.05) is 38.1 Å². The van der Waals surface area contributed by atoms with E-state index in [0.29, 0.717) is 21.5 Å². The van der Waals surface area contributed by atoms with Crippen molar-refractivity contribution >= 4 is 34.8 Å². The molecule has 3 nitrogen and oxygen atoms in total. The number of benzene rings is 2. The molecule has 0 bridgehead atoms.